The minimum Gasteiger partial charge on any atom is -0.350 e. The zero-order chi connectivity index (χ0) is 19.0. The van der Waals surface area contributed by atoms with Crippen molar-refractivity contribution in [1.82, 2.24) is 0 Å². The van der Waals surface area contributed by atoms with Gasteiger partial charge in [-0.3, -0.25) is 14.4 Å². The Morgan fingerprint density at radius 3 is 2.23 bits per heavy atom. The molecule has 132 valence electrons. The summed E-state index contributed by atoms with van der Waals surface area (Å²) < 4.78 is 0. The number of carbonyl (C=O) groups is 3. The van der Waals surface area contributed by atoms with Crippen LogP contribution in [-0.2, 0) is 9.59 Å². The van der Waals surface area contributed by atoms with Crippen LogP contribution in [0.4, 0.5) is 11.4 Å². The van der Waals surface area contributed by atoms with Gasteiger partial charge in [0, 0.05) is 11.3 Å². The van der Waals surface area contributed by atoms with E-state index in [0.717, 1.165) is 4.90 Å². The molecule has 0 bridgehead atoms. The van der Waals surface area contributed by atoms with Crippen molar-refractivity contribution in [2.24, 2.45) is 0 Å². The molecule has 1 aliphatic heterocycles. The highest BCUT2D eigenvalue weighted by molar-refractivity contribution is 6.54. The van der Waals surface area contributed by atoms with Crippen LogP contribution in [0.5, 0.6) is 0 Å². The Labute approximate surface area is 164 Å². The fraction of sp³-hybridized carbons (Fsp3) is 0.0556. The number of hydrogen-bond donors (Lipinski definition) is 1. The summed E-state index contributed by atoms with van der Waals surface area (Å²) in [4.78, 5) is 37.4. The average Bonchev–Trinajstić information content (AvgIpc) is 2.82. The van der Waals surface area contributed by atoms with Crippen molar-refractivity contribution in [3.8, 4) is 0 Å². The van der Waals surface area contributed by atoms with Gasteiger partial charge in [0.05, 0.1) is 15.7 Å². The van der Waals surface area contributed by atoms with Gasteiger partial charge in [0.2, 0.25) is 0 Å². The first-order valence-corrected chi connectivity index (χ1v) is 8.55. The number of nitrogens with one attached hydrogen (secondary N) is 1. The average molecular weight is 410 g/mol. The number of carbonyl (C=O) groups excluding carboxylic acids is 3. The van der Waals surface area contributed by atoms with Crippen LogP contribution in [0.2, 0.25) is 10.0 Å². The van der Waals surface area contributed by atoms with Crippen LogP contribution < -0.4 is 10.2 Å². The molecule has 3 rings (SSSR count). The lowest BCUT2D eigenvalue weighted by Crippen LogP contribution is -2.32. The van der Waals surface area contributed by atoms with Gasteiger partial charge in [-0.25, -0.2) is 4.90 Å². The van der Waals surface area contributed by atoms with E-state index in [1.54, 1.807) is 36.4 Å². The molecule has 0 aliphatic carbocycles. The topological polar surface area (TPSA) is 66.5 Å². The van der Waals surface area contributed by atoms with E-state index in [0.29, 0.717) is 11.3 Å². The normalized spacial score (nSPS) is 14.2. The van der Waals surface area contributed by atoms with E-state index < -0.39 is 11.8 Å². The number of imide groups is 1. The van der Waals surface area contributed by atoms with Gasteiger partial charge in [-0.2, -0.15) is 0 Å². The lowest BCUT2D eigenvalue weighted by molar-refractivity contribution is -0.120. The summed E-state index contributed by atoms with van der Waals surface area (Å²) in [6.45, 7) is 1.45. The third-order valence-electron chi connectivity index (χ3n) is 3.76. The van der Waals surface area contributed by atoms with Crippen LogP contribution >= 0.6 is 34.8 Å². The highest BCUT2D eigenvalue weighted by Crippen LogP contribution is 2.37. The van der Waals surface area contributed by atoms with Gasteiger partial charge in [-0.05, 0) is 43.3 Å². The van der Waals surface area contributed by atoms with Gasteiger partial charge >= 0.3 is 0 Å². The van der Waals surface area contributed by atoms with Crippen molar-refractivity contribution in [2.75, 3.05) is 10.2 Å². The van der Waals surface area contributed by atoms with E-state index in [2.05, 4.69) is 5.32 Å². The Balaban J connectivity index is 1.91. The molecule has 2 amide bonds. The fourth-order valence-corrected chi connectivity index (χ4v) is 3.02. The first-order valence-electron chi connectivity index (χ1n) is 7.42. The second kappa shape index (κ2) is 7.11. The number of anilines is 2. The van der Waals surface area contributed by atoms with Gasteiger partial charge in [-0.1, -0.05) is 40.9 Å². The highest BCUT2D eigenvalue weighted by atomic mass is 35.5. The molecular weight excluding hydrogens is 399 g/mol. The number of rotatable bonds is 4. The molecule has 0 spiro atoms. The van der Waals surface area contributed by atoms with Crippen molar-refractivity contribution in [3.63, 3.8) is 0 Å². The molecule has 1 N–H and O–H groups in total. The third kappa shape index (κ3) is 3.21. The summed E-state index contributed by atoms with van der Waals surface area (Å²) in [5.41, 5.74) is 1.10. The summed E-state index contributed by atoms with van der Waals surface area (Å²) in [5, 5.41) is 2.84. The smallest absolute Gasteiger partial charge is 0.283 e. The second-order valence-corrected chi connectivity index (χ2v) is 6.63. The molecule has 0 fully saturated rings. The molecule has 2 aromatic carbocycles. The Kier molecular flexibility index (Phi) is 5.05. The largest absolute Gasteiger partial charge is 0.350 e. The Morgan fingerprint density at radius 1 is 0.962 bits per heavy atom. The fourth-order valence-electron chi connectivity index (χ4n) is 2.43. The summed E-state index contributed by atoms with van der Waals surface area (Å²) in [5.74, 6) is -1.44. The number of nitrogens with zero attached hydrogens (tertiary/aromatic N) is 1. The van der Waals surface area contributed by atoms with Gasteiger partial charge < -0.3 is 5.32 Å². The molecule has 5 nitrogen and oxygen atoms in total. The van der Waals surface area contributed by atoms with Crippen molar-refractivity contribution in [1.29, 1.82) is 0 Å². The van der Waals surface area contributed by atoms with Crippen LogP contribution in [0.25, 0.3) is 0 Å². The predicted octanol–water partition coefficient (Wildman–Crippen LogP) is 4.63. The first kappa shape index (κ1) is 18.5. The molecule has 0 saturated heterocycles. The zero-order valence-corrected chi connectivity index (χ0v) is 15.6. The second-order valence-electron chi connectivity index (χ2n) is 5.47. The van der Waals surface area contributed by atoms with Gasteiger partial charge in [0.1, 0.15) is 10.7 Å². The summed E-state index contributed by atoms with van der Waals surface area (Å²) >= 11 is 18.1. The molecule has 8 heteroatoms. The Hall–Kier alpha value is -2.34. The molecule has 1 aliphatic rings. The molecule has 26 heavy (non-hydrogen) atoms. The van der Waals surface area contributed by atoms with Crippen LogP contribution in [0, 0.1) is 0 Å². The minimum absolute atomic E-state index is 0.0763. The van der Waals surface area contributed by atoms with E-state index >= 15 is 0 Å². The molecule has 0 unspecified atom stereocenters. The van der Waals surface area contributed by atoms with Gasteiger partial charge in [0.15, 0.2) is 5.78 Å². The summed E-state index contributed by atoms with van der Waals surface area (Å²) in [6.07, 6.45) is 0. The maximum atomic E-state index is 12.7. The van der Waals surface area contributed by atoms with E-state index in [4.69, 9.17) is 34.8 Å². The van der Waals surface area contributed by atoms with E-state index in [1.807, 2.05) is 0 Å². The van der Waals surface area contributed by atoms with Crippen molar-refractivity contribution in [3.05, 3.63) is 68.8 Å². The molecule has 2 aromatic rings. The monoisotopic (exact) mass is 408 g/mol. The third-order valence-corrected chi connectivity index (χ3v) is 4.92. The SMILES string of the molecule is CC(=O)c1ccc(NC2=C(Cl)C(=O)N(c3cccc(Cl)c3Cl)C2=O)cc1. The van der Waals surface area contributed by atoms with E-state index in [9.17, 15) is 14.4 Å². The zero-order valence-electron chi connectivity index (χ0n) is 13.3. The van der Waals surface area contributed by atoms with Crippen molar-refractivity contribution < 1.29 is 14.4 Å². The van der Waals surface area contributed by atoms with Crippen LogP contribution in [0.3, 0.4) is 0 Å². The lowest BCUT2D eigenvalue weighted by Gasteiger charge is -2.17. The first-order chi connectivity index (χ1) is 12.3. The lowest BCUT2D eigenvalue weighted by atomic mass is 10.1. The number of hydrogen-bond acceptors (Lipinski definition) is 4. The molecule has 0 saturated carbocycles. The molecule has 0 aromatic heterocycles. The summed E-state index contributed by atoms with van der Waals surface area (Å²) in [6, 6.07) is 11.0. The molecule has 0 radical (unpaired) electrons. The molecular formula is C18H11Cl3N2O3. The Morgan fingerprint density at radius 2 is 1.62 bits per heavy atom. The minimum atomic E-state index is -0.705. The van der Waals surface area contributed by atoms with Crippen molar-refractivity contribution >= 4 is 63.8 Å². The quantitative estimate of drug-likeness (QED) is 0.590. The number of ketones is 1. The number of halogens is 3. The number of benzene rings is 2. The Bertz CT molecular complexity index is 968. The number of amides is 2. The maximum absolute atomic E-state index is 12.7. The van der Waals surface area contributed by atoms with Gasteiger partial charge in [0.25, 0.3) is 11.8 Å². The van der Waals surface area contributed by atoms with Crippen molar-refractivity contribution in [2.45, 2.75) is 6.92 Å². The predicted molar refractivity (Wildman–Crippen MR) is 102 cm³/mol. The van der Waals surface area contributed by atoms with E-state index in [1.165, 1.54) is 13.0 Å². The molecule has 1 heterocycles. The van der Waals surface area contributed by atoms with Crippen LogP contribution in [0.15, 0.2) is 53.2 Å². The van der Waals surface area contributed by atoms with Crippen LogP contribution in [0.1, 0.15) is 17.3 Å². The van der Waals surface area contributed by atoms with Gasteiger partial charge in [-0.15, -0.1) is 0 Å². The number of Topliss-reactive ketones (excluding diaryl/α,β-unsaturated/α-hetero) is 1. The van der Waals surface area contributed by atoms with E-state index in [-0.39, 0.29) is 32.2 Å². The molecule has 0 atom stereocenters. The standard InChI is InChI=1S/C18H11Cl3N2O3/c1-9(24)10-5-7-11(8-6-10)22-16-15(21)17(25)23(18(16)26)13-4-2-3-12(19)14(13)20/h2-8,22H,1H3. The summed E-state index contributed by atoms with van der Waals surface area (Å²) in [7, 11) is 0. The highest BCUT2D eigenvalue weighted by Gasteiger charge is 2.40. The van der Waals surface area contributed by atoms with Crippen LogP contribution in [-0.4, -0.2) is 17.6 Å². The maximum Gasteiger partial charge on any atom is 0.283 e.